The summed E-state index contributed by atoms with van der Waals surface area (Å²) in [7, 11) is 0. The fraction of sp³-hybridized carbons (Fsp3) is 0.632. The number of hydrogen-bond acceptors (Lipinski definition) is 2. The lowest BCUT2D eigenvalue weighted by molar-refractivity contribution is -0.160. The van der Waals surface area contributed by atoms with Crippen LogP contribution in [-0.2, 0) is 11.2 Å². The lowest BCUT2D eigenvalue weighted by atomic mass is 9.56. The minimum Gasteiger partial charge on any atom is -0.396 e. The van der Waals surface area contributed by atoms with Gasteiger partial charge < -0.3 is 10.0 Å². The number of aliphatic hydroxyl groups is 1. The Balaban J connectivity index is 1.47. The molecule has 1 saturated carbocycles. The van der Waals surface area contributed by atoms with Crippen LogP contribution in [-0.4, -0.2) is 35.6 Å². The summed E-state index contributed by atoms with van der Waals surface area (Å²) in [5, 5.41) is 9.24. The Kier molecular flexibility index (Phi) is 4.45. The summed E-state index contributed by atoms with van der Waals surface area (Å²) in [5.74, 6) is 0.391. The van der Waals surface area contributed by atoms with Crippen molar-refractivity contribution in [3.05, 3.63) is 35.1 Å². The van der Waals surface area contributed by atoms with Gasteiger partial charge in [-0.2, -0.15) is 0 Å². The highest BCUT2D eigenvalue weighted by Crippen LogP contribution is 2.53. The first-order chi connectivity index (χ1) is 11.0. The number of rotatable bonds is 5. The van der Waals surface area contributed by atoms with E-state index in [1.54, 1.807) is 6.07 Å². The number of benzene rings is 1. The molecule has 1 spiro atoms. The average Bonchev–Trinajstić information content (AvgIpc) is 2.45. The van der Waals surface area contributed by atoms with Crippen molar-refractivity contribution in [1.29, 1.82) is 0 Å². The molecule has 1 heterocycles. The fourth-order valence-electron chi connectivity index (χ4n) is 4.29. The maximum absolute atomic E-state index is 13.3. The van der Waals surface area contributed by atoms with Gasteiger partial charge in [0.1, 0.15) is 5.82 Å². The normalized spacial score (nSPS) is 21.0. The third-order valence-corrected chi connectivity index (χ3v) is 5.62. The summed E-state index contributed by atoms with van der Waals surface area (Å²) >= 11 is 0. The van der Waals surface area contributed by atoms with Gasteiger partial charge in [0.15, 0.2) is 0 Å². The van der Waals surface area contributed by atoms with Gasteiger partial charge in [0.05, 0.1) is 12.5 Å². The van der Waals surface area contributed by atoms with Crippen LogP contribution in [0.3, 0.4) is 0 Å². The predicted octanol–water partition coefficient (Wildman–Crippen LogP) is 2.93. The van der Waals surface area contributed by atoms with E-state index in [1.165, 1.54) is 5.56 Å². The molecule has 1 aliphatic carbocycles. The first-order valence-electron chi connectivity index (χ1n) is 8.61. The van der Waals surface area contributed by atoms with Crippen molar-refractivity contribution >= 4 is 5.91 Å². The molecule has 1 saturated heterocycles. The molecule has 1 atom stereocenters. The number of aryl methyl sites for hydroxylation is 1. The van der Waals surface area contributed by atoms with E-state index in [0.717, 1.165) is 32.4 Å². The molecule has 126 valence electrons. The molecule has 0 bridgehead atoms. The summed E-state index contributed by atoms with van der Waals surface area (Å²) in [6, 6.07) is 5.39. The molecule has 0 aromatic heterocycles. The second-order valence-corrected chi connectivity index (χ2v) is 7.54. The lowest BCUT2D eigenvalue weighted by Crippen LogP contribution is -2.64. The second kappa shape index (κ2) is 6.23. The second-order valence-electron chi connectivity index (χ2n) is 7.54. The van der Waals surface area contributed by atoms with Gasteiger partial charge in [-0.3, -0.25) is 4.79 Å². The van der Waals surface area contributed by atoms with Crippen LogP contribution >= 0.6 is 0 Å². The minimum absolute atomic E-state index is 0.0502. The first kappa shape index (κ1) is 16.4. The Hall–Kier alpha value is -1.42. The number of carbonyl (C=O) groups is 1. The van der Waals surface area contributed by atoms with Crippen LogP contribution in [0, 0.1) is 30.0 Å². The van der Waals surface area contributed by atoms with Gasteiger partial charge in [0, 0.05) is 18.5 Å². The molecule has 0 unspecified atom stereocenters. The predicted molar refractivity (Wildman–Crippen MR) is 87.4 cm³/mol. The monoisotopic (exact) mass is 319 g/mol. The first-order valence-corrected chi connectivity index (χ1v) is 8.61. The van der Waals surface area contributed by atoms with Crippen molar-refractivity contribution in [2.24, 2.45) is 17.3 Å². The molecule has 1 amide bonds. The van der Waals surface area contributed by atoms with E-state index in [2.05, 4.69) is 0 Å². The van der Waals surface area contributed by atoms with E-state index >= 15 is 0 Å². The van der Waals surface area contributed by atoms with Gasteiger partial charge in [0.25, 0.3) is 0 Å². The van der Waals surface area contributed by atoms with Crippen molar-refractivity contribution in [3.8, 4) is 0 Å². The zero-order chi connectivity index (χ0) is 16.6. The van der Waals surface area contributed by atoms with E-state index in [-0.39, 0.29) is 24.2 Å². The van der Waals surface area contributed by atoms with Crippen LogP contribution in [0.15, 0.2) is 18.2 Å². The summed E-state index contributed by atoms with van der Waals surface area (Å²) in [4.78, 5) is 14.1. The fourth-order valence-corrected chi connectivity index (χ4v) is 4.29. The number of carbonyl (C=O) groups excluding carboxylic acids is 1. The Morgan fingerprint density at radius 2 is 2.13 bits per heavy atom. The van der Waals surface area contributed by atoms with Crippen molar-refractivity contribution in [3.63, 3.8) is 0 Å². The number of nitrogens with zero attached hydrogens (tertiary/aromatic N) is 1. The number of aliphatic hydroxyl groups excluding tert-OH is 1. The van der Waals surface area contributed by atoms with E-state index < -0.39 is 0 Å². The number of amides is 1. The van der Waals surface area contributed by atoms with Crippen molar-refractivity contribution in [1.82, 2.24) is 4.90 Å². The summed E-state index contributed by atoms with van der Waals surface area (Å²) < 4.78 is 13.3. The Labute approximate surface area is 137 Å². The van der Waals surface area contributed by atoms with Crippen LogP contribution in [0.2, 0.25) is 0 Å². The molecule has 1 N–H and O–H groups in total. The third-order valence-electron chi connectivity index (χ3n) is 5.62. The zero-order valence-corrected chi connectivity index (χ0v) is 14.0. The molecule has 1 aliphatic heterocycles. The molecule has 2 aliphatic rings. The summed E-state index contributed by atoms with van der Waals surface area (Å²) in [6.07, 6.45) is 4.02. The summed E-state index contributed by atoms with van der Waals surface area (Å²) in [6.45, 7) is 5.40. The standard InChI is InChI=1S/C19H26FNO2/c1-3-16(10-22)18(23)21-11-19(12-21)8-15(9-19)7-14-4-5-17(20)13(2)6-14/h4-6,15-16,22H,3,7-12H2,1-2H3/t16-/m1/s1. The Morgan fingerprint density at radius 3 is 2.70 bits per heavy atom. The quantitative estimate of drug-likeness (QED) is 0.906. The van der Waals surface area contributed by atoms with E-state index in [1.807, 2.05) is 30.9 Å². The minimum atomic E-state index is -0.231. The molecule has 3 nitrogen and oxygen atoms in total. The Morgan fingerprint density at radius 1 is 1.43 bits per heavy atom. The van der Waals surface area contributed by atoms with Gasteiger partial charge in [0.2, 0.25) is 5.91 Å². The topological polar surface area (TPSA) is 40.5 Å². The zero-order valence-electron chi connectivity index (χ0n) is 14.0. The highest BCUT2D eigenvalue weighted by atomic mass is 19.1. The van der Waals surface area contributed by atoms with Crippen LogP contribution in [0.25, 0.3) is 0 Å². The number of hydrogen-bond donors (Lipinski definition) is 1. The molecular formula is C19H26FNO2. The molecule has 23 heavy (non-hydrogen) atoms. The largest absolute Gasteiger partial charge is 0.396 e. The maximum Gasteiger partial charge on any atom is 0.228 e. The highest BCUT2D eigenvalue weighted by Gasteiger charge is 2.53. The van der Waals surface area contributed by atoms with Crippen LogP contribution in [0.1, 0.15) is 37.3 Å². The average molecular weight is 319 g/mol. The van der Waals surface area contributed by atoms with Crippen molar-refractivity contribution in [2.75, 3.05) is 19.7 Å². The highest BCUT2D eigenvalue weighted by molar-refractivity contribution is 5.80. The van der Waals surface area contributed by atoms with E-state index in [0.29, 0.717) is 23.3 Å². The smallest absolute Gasteiger partial charge is 0.228 e. The van der Waals surface area contributed by atoms with E-state index in [9.17, 15) is 14.3 Å². The molecule has 1 aromatic rings. The molecule has 4 heteroatoms. The lowest BCUT2D eigenvalue weighted by Gasteiger charge is -2.59. The van der Waals surface area contributed by atoms with Gasteiger partial charge >= 0.3 is 0 Å². The maximum atomic E-state index is 13.3. The van der Waals surface area contributed by atoms with Gasteiger partial charge in [-0.25, -0.2) is 4.39 Å². The number of likely N-dealkylation sites (tertiary alicyclic amines) is 1. The van der Waals surface area contributed by atoms with Crippen LogP contribution < -0.4 is 0 Å². The van der Waals surface area contributed by atoms with Crippen LogP contribution in [0.4, 0.5) is 4.39 Å². The third kappa shape index (κ3) is 3.14. The molecule has 0 radical (unpaired) electrons. The van der Waals surface area contributed by atoms with Crippen molar-refractivity contribution in [2.45, 2.75) is 39.5 Å². The molecule has 1 aromatic carbocycles. The van der Waals surface area contributed by atoms with Gasteiger partial charge in [-0.05, 0) is 55.7 Å². The molecule has 3 rings (SSSR count). The van der Waals surface area contributed by atoms with Gasteiger partial charge in [-0.1, -0.05) is 19.1 Å². The molecule has 2 fully saturated rings. The number of halogens is 1. The van der Waals surface area contributed by atoms with Crippen LogP contribution in [0.5, 0.6) is 0 Å². The van der Waals surface area contributed by atoms with E-state index in [4.69, 9.17) is 0 Å². The van der Waals surface area contributed by atoms with Crippen molar-refractivity contribution < 1.29 is 14.3 Å². The summed E-state index contributed by atoms with van der Waals surface area (Å²) in [5.41, 5.74) is 2.25. The SMILES string of the molecule is CC[C@H](CO)C(=O)N1CC2(CC(Cc3ccc(F)c(C)c3)C2)C1. The molecular weight excluding hydrogens is 293 g/mol. The Bertz CT molecular complexity index is 583. The van der Waals surface area contributed by atoms with Gasteiger partial charge in [-0.15, -0.1) is 0 Å².